The number of alkyl halides is 3. The van der Waals surface area contributed by atoms with Crippen molar-refractivity contribution in [3.8, 4) is 11.5 Å². The highest BCUT2D eigenvalue weighted by Crippen LogP contribution is 2.44. The van der Waals surface area contributed by atoms with Gasteiger partial charge in [-0.15, -0.1) is 0 Å². The second kappa shape index (κ2) is 10.5. The van der Waals surface area contributed by atoms with Gasteiger partial charge in [-0.1, -0.05) is 42.1 Å². The number of aromatic amines is 2. The lowest BCUT2D eigenvalue weighted by atomic mass is 10.0. The summed E-state index contributed by atoms with van der Waals surface area (Å²) in [5, 5.41) is 2.92. The average Bonchev–Trinajstić information content (AvgIpc) is 3.37. The third kappa shape index (κ3) is 5.77. The summed E-state index contributed by atoms with van der Waals surface area (Å²) in [4.78, 5) is 22.6. The van der Waals surface area contributed by atoms with E-state index in [1.807, 2.05) is 0 Å². The smallest absolute Gasteiger partial charge is 0.433 e. The second-order valence-electron chi connectivity index (χ2n) is 8.96. The summed E-state index contributed by atoms with van der Waals surface area (Å²) in [5.41, 5.74) is -0.505. The number of sulfone groups is 1. The van der Waals surface area contributed by atoms with E-state index in [0.717, 1.165) is 22.5 Å². The molecule has 0 aliphatic carbocycles. The maximum Gasteiger partial charge on any atom is 0.433 e. The summed E-state index contributed by atoms with van der Waals surface area (Å²) in [6.45, 7) is 1.53. The summed E-state index contributed by atoms with van der Waals surface area (Å²) in [6.07, 6.45) is -2.45. The van der Waals surface area contributed by atoms with Crippen molar-refractivity contribution in [2.24, 2.45) is 0 Å². The molecular formula is C26H22F3N5O4S2. The molecule has 0 amide bonds. The highest BCUT2D eigenvalue weighted by Gasteiger charge is 2.41. The highest BCUT2D eigenvalue weighted by atomic mass is 32.2. The predicted molar refractivity (Wildman–Crippen MR) is 143 cm³/mol. The first-order chi connectivity index (χ1) is 18.9. The fraction of sp³-hybridized carbons (Fsp3) is 0.192. The van der Waals surface area contributed by atoms with Gasteiger partial charge in [0.2, 0.25) is 0 Å². The normalized spacial score (nSPS) is 12.2. The number of ether oxygens (including phenoxy) is 1. The van der Waals surface area contributed by atoms with Crippen LogP contribution < -0.4 is 10.3 Å². The molecule has 2 N–H and O–H groups in total. The molecule has 9 nitrogen and oxygen atoms in total. The number of fused-ring (bicyclic) bond motifs is 1. The van der Waals surface area contributed by atoms with E-state index in [1.54, 1.807) is 30.3 Å². The third-order valence-corrected chi connectivity index (χ3v) is 7.97. The monoisotopic (exact) mass is 589 g/mol. The van der Waals surface area contributed by atoms with E-state index in [4.69, 9.17) is 4.74 Å². The lowest BCUT2D eigenvalue weighted by molar-refractivity contribution is -0.142. The second-order valence-corrected chi connectivity index (χ2v) is 11.9. The maximum absolute atomic E-state index is 14.4. The van der Waals surface area contributed by atoms with Gasteiger partial charge >= 0.3 is 6.18 Å². The van der Waals surface area contributed by atoms with Crippen molar-refractivity contribution in [3.05, 3.63) is 99.4 Å². The molecule has 0 fully saturated rings. The van der Waals surface area contributed by atoms with Crippen LogP contribution in [0.15, 0.2) is 75.6 Å². The van der Waals surface area contributed by atoms with E-state index in [0.29, 0.717) is 11.1 Å². The molecule has 40 heavy (non-hydrogen) atoms. The maximum atomic E-state index is 14.4. The number of thioether (sulfide) groups is 1. The minimum absolute atomic E-state index is 0.00287. The van der Waals surface area contributed by atoms with Crippen LogP contribution in [0.25, 0.3) is 5.65 Å². The fourth-order valence-electron chi connectivity index (χ4n) is 4.19. The van der Waals surface area contributed by atoms with Gasteiger partial charge in [-0.2, -0.15) is 13.2 Å². The number of halogens is 3. The molecule has 3 aromatic heterocycles. The zero-order valence-electron chi connectivity index (χ0n) is 21.1. The number of aryl methyl sites for hydroxylation is 1. The van der Waals surface area contributed by atoms with Crippen LogP contribution in [0.1, 0.15) is 28.2 Å². The lowest BCUT2D eigenvalue weighted by Crippen LogP contribution is -2.13. The van der Waals surface area contributed by atoms with Gasteiger partial charge in [-0.25, -0.2) is 22.9 Å². The van der Waals surface area contributed by atoms with Crippen molar-refractivity contribution in [2.75, 3.05) is 6.26 Å². The number of hydrogen-bond acceptors (Lipinski definition) is 7. The molecule has 0 saturated heterocycles. The molecule has 0 bridgehead atoms. The Balaban J connectivity index is 1.65. The SMILES string of the molecule is Cc1nc2c(Oc3ccc(S(C)(=O)=O)cc3CSc3nccc(=O)[nH]3)c(Cc3ccccc3)c(C(F)(F)F)n2[nH]1. The van der Waals surface area contributed by atoms with E-state index in [9.17, 15) is 26.4 Å². The van der Waals surface area contributed by atoms with Crippen molar-refractivity contribution in [3.63, 3.8) is 0 Å². The van der Waals surface area contributed by atoms with Crippen molar-refractivity contribution >= 4 is 27.2 Å². The Morgan fingerprint density at radius 1 is 1.10 bits per heavy atom. The van der Waals surface area contributed by atoms with Gasteiger partial charge < -0.3 is 9.72 Å². The zero-order valence-corrected chi connectivity index (χ0v) is 22.7. The summed E-state index contributed by atoms with van der Waals surface area (Å²) in [6, 6.07) is 14.0. The molecule has 3 heterocycles. The highest BCUT2D eigenvalue weighted by molar-refractivity contribution is 7.98. The Hall–Kier alpha value is -4.04. The van der Waals surface area contributed by atoms with E-state index in [-0.39, 0.29) is 56.3 Å². The molecule has 0 saturated carbocycles. The summed E-state index contributed by atoms with van der Waals surface area (Å²) in [5.74, 6) is 0.376. The first kappa shape index (κ1) is 27.5. The van der Waals surface area contributed by atoms with Crippen molar-refractivity contribution < 1.29 is 26.3 Å². The van der Waals surface area contributed by atoms with Crippen LogP contribution in [0, 0.1) is 6.92 Å². The van der Waals surface area contributed by atoms with Crippen LogP contribution in [0.3, 0.4) is 0 Å². The Bertz CT molecular complexity index is 1860. The quantitative estimate of drug-likeness (QED) is 0.190. The minimum atomic E-state index is -4.74. The number of hydrogen-bond donors (Lipinski definition) is 2. The molecule has 0 aliphatic rings. The van der Waals surface area contributed by atoms with Crippen LogP contribution in [-0.2, 0) is 28.2 Å². The molecule has 0 radical (unpaired) electrons. The molecule has 5 rings (SSSR count). The molecule has 0 spiro atoms. The molecule has 0 aliphatic heterocycles. The van der Waals surface area contributed by atoms with Gasteiger partial charge in [0, 0.05) is 41.8 Å². The van der Waals surface area contributed by atoms with E-state index < -0.39 is 21.7 Å². The van der Waals surface area contributed by atoms with Gasteiger partial charge in [-0.05, 0) is 30.7 Å². The number of nitrogens with zero attached hydrogens (tertiary/aromatic N) is 3. The number of rotatable bonds is 8. The molecule has 14 heteroatoms. The number of nitrogens with one attached hydrogen (secondary N) is 2. The summed E-state index contributed by atoms with van der Waals surface area (Å²) >= 11 is 1.11. The van der Waals surface area contributed by atoms with Gasteiger partial charge in [0.15, 0.2) is 32.1 Å². The van der Waals surface area contributed by atoms with Crippen LogP contribution in [-0.4, -0.2) is 39.2 Å². The number of H-pyrrole nitrogens is 2. The number of benzene rings is 2. The molecule has 0 atom stereocenters. The predicted octanol–water partition coefficient (Wildman–Crippen LogP) is 5.15. The van der Waals surface area contributed by atoms with Crippen LogP contribution in [0.5, 0.6) is 11.5 Å². The van der Waals surface area contributed by atoms with Crippen molar-refractivity contribution in [1.29, 1.82) is 0 Å². The topological polar surface area (TPSA) is 122 Å². The summed E-state index contributed by atoms with van der Waals surface area (Å²) < 4.78 is 74.8. The third-order valence-electron chi connectivity index (χ3n) is 5.92. The van der Waals surface area contributed by atoms with Crippen LogP contribution >= 0.6 is 11.8 Å². The molecule has 5 aromatic rings. The molecule has 2 aromatic carbocycles. The Labute approximate surface area is 230 Å². The van der Waals surface area contributed by atoms with Crippen LogP contribution in [0.2, 0.25) is 0 Å². The molecular weight excluding hydrogens is 567 g/mol. The van der Waals surface area contributed by atoms with Crippen molar-refractivity contribution in [1.82, 2.24) is 24.6 Å². The zero-order chi connectivity index (χ0) is 28.7. The Morgan fingerprint density at radius 3 is 2.52 bits per heavy atom. The minimum Gasteiger partial charge on any atom is -0.453 e. The van der Waals surface area contributed by atoms with Crippen LogP contribution in [0.4, 0.5) is 13.2 Å². The number of aromatic nitrogens is 5. The van der Waals surface area contributed by atoms with Gasteiger partial charge in [-0.3, -0.25) is 9.89 Å². The van der Waals surface area contributed by atoms with Gasteiger partial charge in [0.25, 0.3) is 5.56 Å². The Morgan fingerprint density at radius 2 is 1.85 bits per heavy atom. The largest absolute Gasteiger partial charge is 0.453 e. The lowest BCUT2D eigenvalue weighted by Gasteiger charge is -2.14. The van der Waals surface area contributed by atoms with E-state index in [1.165, 1.54) is 37.4 Å². The fourth-order valence-corrected chi connectivity index (χ4v) is 5.69. The van der Waals surface area contributed by atoms with Gasteiger partial charge in [0.05, 0.1) is 4.90 Å². The molecule has 208 valence electrons. The van der Waals surface area contributed by atoms with Crippen molar-refractivity contribution in [2.45, 2.75) is 35.3 Å². The average molecular weight is 590 g/mol. The first-order valence-electron chi connectivity index (χ1n) is 11.8. The molecule has 0 unspecified atom stereocenters. The standard InChI is InChI=1S/C26H22F3N5O4S2/c1-15-31-24-22(19(12-16-6-4-3-5-7-16)23(26(27,28)29)34(24)33-15)38-20-9-8-18(40(2,36)37)13-17(20)14-39-25-30-11-10-21(35)32-25/h3-11,13H,12,14H2,1-2H3,(H,31,33)(H,30,32,35). The van der Waals surface area contributed by atoms with E-state index in [2.05, 4.69) is 20.1 Å². The van der Waals surface area contributed by atoms with Gasteiger partial charge in [0.1, 0.15) is 11.6 Å². The first-order valence-corrected chi connectivity index (χ1v) is 14.7. The van der Waals surface area contributed by atoms with E-state index >= 15 is 0 Å². The Kier molecular flexibility index (Phi) is 7.23. The summed E-state index contributed by atoms with van der Waals surface area (Å²) in [7, 11) is -3.61.